The molecule has 1 saturated heterocycles. The van der Waals surface area contributed by atoms with Gasteiger partial charge in [-0.3, -0.25) is 0 Å². The van der Waals surface area contributed by atoms with E-state index in [1.807, 2.05) is 11.8 Å². The summed E-state index contributed by atoms with van der Waals surface area (Å²) in [5, 5.41) is 4.15. The average Bonchev–Trinajstić information content (AvgIpc) is 3.56. The van der Waals surface area contributed by atoms with E-state index in [-0.39, 0.29) is 28.4 Å². The zero-order chi connectivity index (χ0) is 24.4. The molecule has 1 aliphatic heterocycles. The van der Waals surface area contributed by atoms with Crippen molar-refractivity contribution < 1.29 is 22.1 Å². The lowest BCUT2D eigenvalue weighted by atomic mass is 9.63. The number of allylic oxidation sites excluding steroid dienone is 2. The molecule has 0 N–H and O–H groups in total. The molecule has 0 bridgehead atoms. The van der Waals surface area contributed by atoms with E-state index in [0.717, 1.165) is 54.9 Å². The van der Waals surface area contributed by atoms with Crippen LogP contribution in [0, 0.1) is 18.2 Å². The summed E-state index contributed by atoms with van der Waals surface area (Å²) in [6, 6.07) is 7.06. The molecule has 1 saturated carbocycles. The minimum Gasteiger partial charge on any atom is -0.360 e. The van der Waals surface area contributed by atoms with Crippen LogP contribution in [0.5, 0.6) is 0 Å². The number of hydrogen-bond donors (Lipinski definition) is 0. The molecule has 3 aliphatic rings. The number of halogens is 4. The van der Waals surface area contributed by atoms with Gasteiger partial charge >= 0.3 is 6.18 Å². The Morgan fingerprint density at radius 2 is 1.83 bits per heavy atom. The molecule has 8 heteroatoms. The smallest absolute Gasteiger partial charge is 0.360 e. The molecule has 35 heavy (non-hydrogen) atoms. The molecule has 1 aromatic carbocycles. The van der Waals surface area contributed by atoms with Crippen LogP contribution in [0.25, 0.3) is 16.8 Å². The maximum atomic E-state index is 14.4. The van der Waals surface area contributed by atoms with Gasteiger partial charge in [-0.25, -0.2) is 9.37 Å². The van der Waals surface area contributed by atoms with Gasteiger partial charge in [0.15, 0.2) is 11.6 Å². The van der Waals surface area contributed by atoms with Crippen LogP contribution < -0.4 is 4.90 Å². The van der Waals surface area contributed by atoms with Crippen molar-refractivity contribution in [3.63, 3.8) is 0 Å². The van der Waals surface area contributed by atoms with Crippen molar-refractivity contribution in [1.29, 1.82) is 0 Å². The first-order valence-electron chi connectivity index (χ1n) is 12.0. The number of hydrogen-bond acceptors (Lipinski definition) is 4. The van der Waals surface area contributed by atoms with Gasteiger partial charge in [-0.15, -0.1) is 0 Å². The highest BCUT2D eigenvalue weighted by atomic mass is 19.4. The van der Waals surface area contributed by atoms with E-state index in [2.05, 4.69) is 16.2 Å². The first-order chi connectivity index (χ1) is 16.7. The molecule has 0 atom stereocenters. The highest BCUT2D eigenvalue weighted by Gasteiger charge is 2.45. The van der Waals surface area contributed by atoms with Crippen LogP contribution in [0.15, 0.2) is 47.1 Å². The molecule has 6 rings (SSSR count). The van der Waals surface area contributed by atoms with Gasteiger partial charge in [-0.2, -0.15) is 13.2 Å². The molecule has 0 amide bonds. The van der Waals surface area contributed by atoms with Crippen molar-refractivity contribution in [2.45, 2.75) is 51.1 Å². The SMILES string of the molecule is Cc1cnc(N2CCC3(C=C(c4c(-c5ccccc5C(F)(F)F)noc4C4CC4)C3)CC2)c(F)c1. The first kappa shape index (κ1) is 22.3. The van der Waals surface area contributed by atoms with E-state index in [1.54, 1.807) is 12.3 Å². The number of alkyl halides is 3. The second-order valence-corrected chi connectivity index (χ2v) is 10.1. The lowest BCUT2D eigenvalue weighted by Gasteiger charge is -2.46. The summed E-state index contributed by atoms with van der Waals surface area (Å²) in [5.41, 5.74) is 2.14. The molecule has 182 valence electrons. The van der Waals surface area contributed by atoms with Crippen molar-refractivity contribution >= 4 is 11.4 Å². The predicted molar refractivity (Wildman–Crippen MR) is 124 cm³/mol. The van der Waals surface area contributed by atoms with Gasteiger partial charge in [0, 0.05) is 36.3 Å². The molecule has 3 heterocycles. The Morgan fingerprint density at radius 3 is 2.49 bits per heavy atom. The minimum absolute atomic E-state index is 0.0358. The van der Waals surface area contributed by atoms with Gasteiger partial charge in [0.2, 0.25) is 0 Å². The highest BCUT2D eigenvalue weighted by molar-refractivity contribution is 5.85. The molecule has 2 aromatic heterocycles. The Balaban J connectivity index is 1.29. The Hall–Kier alpha value is -3.16. The van der Waals surface area contributed by atoms with E-state index in [4.69, 9.17) is 4.52 Å². The fraction of sp³-hybridized carbons (Fsp3) is 0.407. The summed E-state index contributed by atoms with van der Waals surface area (Å²) in [6.07, 6.45) is 3.75. The number of aryl methyl sites for hydroxylation is 1. The molecule has 4 nitrogen and oxygen atoms in total. The third-order valence-electron chi connectivity index (χ3n) is 7.52. The molecule has 0 radical (unpaired) electrons. The van der Waals surface area contributed by atoms with Gasteiger partial charge in [0.1, 0.15) is 11.5 Å². The Bertz CT molecular complexity index is 1310. The van der Waals surface area contributed by atoms with Crippen LogP contribution in [0.1, 0.15) is 60.5 Å². The topological polar surface area (TPSA) is 42.2 Å². The van der Waals surface area contributed by atoms with E-state index >= 15 is 0 Å². The van der Waals surface area contributed by atoms with E-state index in [9.17, 15) is 17.6 Å². The Kier molecular flexibility index (Phi) is 5.06. The summed E-state index contributed by atoms with van der Waals surface area (Å²) < 4.78 is 61.3. The number of pyridine rings is 1. The molecule has 3 aromatic rings. The summed E-state index contributed by atoms with van der Waals surface area (Å²) in [4.78, 5) is 6.26. The van der Waals surface area contributed by atoms with E-state index in [1.165, 1.54) is 18.2 Å². The maximum absolute atomic E-state index is 14.4. The molecule has 2 aliphatic carbocycles. The van der Waals surface area contributed by atoms with Crippen molar-refractivity contribution in [2.24, 2.45) is 5.41 Å². The normalized spacial score (nSPS) is 19.6. The number of rotatable bonds is 4. The fourth-order valence-corrected chi connectivity index (χ4v) is 5.48. The van der Waals surface area contributed by atoms with Crippen LogP contribution in [0.4, 0.5) is 23.4 Å². The summed E-state index contributed by atoms with van der Waals surface area (Å²) in [7, 11) is 0. The fourth-order valence-electron chi connectivity index (χ4n) is 5.48. The number of aromatic nitrogens is 2. The number of benzene rings is 1. The Morgan fingerprint density at radius 1 is 1.11 bits per heavy atom. The Labute approximate surface area is 200 Å². The molecule has 1 spiro atoms. The zero-order valence-corrected chi connectivity index (χ0v) is 19.3. The third-order valence-corrected chi connectivity index (χ3v) is 7.52. The number of piperidine rings is 1. The van der Waals surface area contributed by atoms with Crippen LogP contribution in [-0.4, -0.2) is 23.2 Å². The van der Waals surface area contributed by atoms with Gasteiger partial charge < -0.3 is 9.42 Å². The molecular formula is C27H25F4N3O. The average molecular weight is 484 g/mol. The standard InChI is InChI=1S/C27H25F4N3O/c1-16-12-21(28)25(32-15-16)34-10-8-26(9-11-34)13-18(14-26)22-23(33-35-24(22)17-6-7-17)19-4-2-3-5-20(19)27(29,30)31/h2-5,12-13,15,17H,6-11,14H2,1H3. The van der Waals surface area contributed by atoms with Gasteiger partial charge in [0.25, 0.3) is 0 Å². The highest BCUT2D eigenvalue weighted by Crippen LogP contribution is 2.56. The van der Waals surface area contributed by atoms with E-state index in [0.29, 0.717) is 24.7 Å². The molecule has 2 fully saturated rings. The largest absolute Gasteiger partial charge is 0.417 e. The van der Waals surface area contributed by atoms with Gasteiger partial charge in [-0.1, -0.05) is 29.4 Å². The maximum Gasteiger partial charge on any atom is 0.417 e. The first-order valence-corrected chi connectivity index (χ1v) is 12.0. The molecule has 0 unspecified atom stereocenters. The van der Waals surface area contributed by atoms with Gasteiger partial charge in [0.05, 0.1) is 5.56 Å². The second-order valence-electron chi connectivity index (χ2n) is 10.1. The van der Waals surface area contributed by atoms with Crippen molar-refractivity contribution in [3.8, 4) is 11.3 Å². The van der Waals surface area contributed by atoms with Crippen LogP contribution in [-0.2, 0) is 6.18 Å². The number of anilines is 1. The quantitative estimate of drug-likeness (QED) is 0.370. The zero-order valence-electron chi connectivity index (χ0n) is 19.3. The lowest BCUT2D eigenvalue weighted by molar-refractivity contribution is -0.137. The lowest BCUT2D eigenvalue weighted by Crippen LogP contribution is -2.43. The second kappa shape index (κ2) is 7.93. The minimum atomic E-state index is -4.48. The third kappa shape index (κ3) is 3.93. The summed E-state index contributed by atoms with van der Waals surface area (Å²) in [6.45, 7) is 3.17. The van der Waals surface area contributed by atoms with Crippen molar-refractivity contribution in [3.05, 3.63) is 70.9 Å². The monoisotopic (exact) mass is 483 g/mol. The number of nitrogens with zero attached hydrogens (tertiary/aromatic N) is 3. The van der Waals surface area contributed by atoms with Crippen LogP contribution in [0.2, 0.25) is 0 Å². The van der Waals surface area contributed by atoms with Crippen molar-refractivity contribution in [1.82, 2.24) is 10.1 Å². The van der Waals surface area contributed by atoms with Crippen molar-refractivity contribution in [2.75, 3.05) is 18.0 Å². The van der Waals surface area contributed by atoms with Gasteiger partial charge in [-0.05, 0) is 67.7 Å². The molecular weight excluding hydrogens is 458 g/mol. The summed E-state index contributed by atoms with van der Waals surface area (Å²) >= 11 is 0. The van der Waals surface area contributed by atoms with Crippen LogP contribution in [0.3, 0.4) is 0 Å². The van der Waals surface area contributed by atoms with E-state index < -0.39 is 11.7 Å². The van der Waals surface area contributed by atoms with Crippen LogP contribution >= 0.6 is 0 Å². The predicted octanol–water partition coefficient (Wildman–Crippen LogP) is 7.15. The summed E-state index contributed by atoms with van der Waals surface area (Å²) in [5.74, 6) is 1.01.